The third-order valence-corrected chi connectivity index (χ3v) is 5.68. The highest BCUT2D eigenvalue weighted by Gasteiger charge is 2.24. The van der Waals surface area contributed by atoms with Crippen LogP contribution in [0.3, 0.4) is 0 Å². The molecule has 0 spiro atoms. The molecule has 3 aromatic carbocycles. The largest absolute Gasteiger partial charge is 0.497 e. The lowest BCUT2D eigenvalue weighted by Crippen LogP contribution is -2.49. The van der Waals surface area contributed by atoms with E-state index in [9.17, 15) is 9.59 Å². The van der Waals surface area contributed by atoms with Crippen LogP contribution in [0.2, 0.25) is 0 Å². The van der Waals surface area contributed by atoms with Crippen LogP contribution >= 0.6 is 0 Å². The minimum Gasteiger partial charge on any atom is -0.497 e. The lowest BCUT2D eigenvalue weighted by Gasteiger charge is -2.27. The van der Waals surface area contributed by atoms with Gasteiger partial charge >= 0.3 is 6.09 Å². The molecule has 35 heavy (non-hydrogen) atoms. The normalized spacial score (nSPS) is 12.5. The van der Waals surface area contributed by atoms with E-state index in [1.54, 1.807) is 7.11 Å². The molecule has 184 valence electrons. The van der Waals surface area contributed by atoms with Crippen molar-refractivity contribution in [3.8, 4) is 5.75 Å². The Labute approximate surface area is 207 Å². The number of methoxy groups -OCH3 is 1. The van der Waals surface area contributed by atoms with Gasteiger partial charge in [-0.1, -0.05) is 72.8 Å². The summed E-state index contributed by atoms with van der Waals surface area (Å²) in [5.74, 6) is 0.478. The van der Waals surface area contributed by atoms with Gasteiger partial charge in [-0.2, -0.15) is 0 Å². The molecule has 0 radical (unpaired) electrons. The van der Waals surface area contributed by atoms with Crippen molar-refractivity contribution >= 4 is 12.0 Å². The minimum atomic E-state index is -0.784. The van der Waals surface area contributed by atoms with Gasteiger partial charge in [0.25, 0.3) is 0 Å². The first-order chi connectivity index (χ1) is 17.0. The van der Waals surface area contributed by atoms with Gasteiger partial charge in [0.15, 0.2) is 0 Å². The van der Waals surface area contributed by atoms with E-state index in [1.807, 2.05) is 104 Å². The molecule has 0 aliphatic carbocycles. The summed E-state index contributed by atoms with van der Waals surface area (Å²) >= 11 is 0. The molecule has 0 saturated carbocycles. The zero-order valence-electron chi connectivity index (χ0n) is 20.4. The van der Waals surface area contributed by atoms with Crippen LogP contribution in [0.25, 0.3) is 0 Å². The summed E-state index contributed by atoms with van der Waals surface area (Å²) in [6.45, 7) is 0.496. The Morgan fingerprint density at radius 2 is 1.54 bits per heavy atom. The Kier molecular flexibility index (Phi) is 9.69. The van der Waals surface area contributed by atoms with E-state index in [1.165, 1.54) is 0 Å². The van der Waals surface area contributed by atoms with Gasteiger partial charge < -0.3 is 25.0 Å². The van der Waals surface area contributed by atoms with Crippen molar-refractivity contribution in [1.82, 2.24) is 15.5 Å². The fourth-order valence-electron chi connectivity index (χ4n) is 3.73. The average Bonchev–Trinajstić information content (AvgIpc) is 2.88. The minimum absolute atomic E-state index is 0.0727. The lowest BCUT2D eigenvalue weighted by atomic mass is 10.0. The van der Waals surface area contributed by atoms with E-state index in [-0.39, 0.29) is 18.6 Å². The second-order valence-electron chi connectivity index (χ2n) is 8.45. The van der Waals surface area contributed by atoms with Crippen molar-refractivity contribution in [2.75, 3.05) is 27.7 Å². The Morgan fingerprint density at radius 3 is 2.17 bits per heavy atom. The van der Waals surface area contributed by atoms with E-state index >= 15 is 0 Å². The standard InChI is InChI=1S/C28H33N3O4/c1-31(2)26(23-15-10-16-24(18-23)34-3)19-29-27(32)25(17-21-11-6-4-7-12-21)30-28(33)35-20-22-13-8-5-9-14-22/h4-16,18,25-26H,17,19-20H2,1-3H3,(H,29,32)(H,30,33)/t25-,26?/m0/s1. The van der Waals surface area contributed by atoms with Crippen LogP contribution in [0.1, 0.15) is 22.7 Å². The summed E-state index contributed by atoms with van der Waals surface area (Å²) < 4.78 is 10.7. The maximum Gasteiger partial charge on any atom is 0.408 e. The van der Waals surface area contributed by atoms with Gasteiger partial charge in [-0.15, -0.1) is 0 Å². The molecular formula is C28H33N3O4. The van der Waals surface area contributed by atoms with Gasteiger partial charge in [0.2, 0.25) is 5.91 Å². The molecule has 0 aromatic heterocycles. The van der Waals surface area contributed by atoms with E-state index in [0.29, 0.717) is 13.0 Å². The maximum absolute atomic E-state index is 13.2. The quantitative estimate of drug-likeness (QED) is 0.439. The second kappa shape index (κ2) is 13.2. The number of carbonyl (C=O) groups excluding carboxylic acids is 2. The van der Waals surface area contributed by atoms with Gasteiger partial charge in [-0.05, 0) is 42.9 Å². The highest BCUT2D eigenvalue weighted by molar-refractivity contribution is 5.86. The molecule has 0 aliphatic rings. The molecule has 2 amide bonds. The van der Waals surface area contributed by atoms with Crippen molar-refractivity contribution < 1.29 is 19.1 Å². The summed E-state index contributed by atoms with van der Waals surface area (Å²) in [5.41, 5.74) is 2.83. The molecule has 1 unspecified atom stereocenters. The van der Waals surface area contributed by atoms with Crippen LogP contribution in [0.5, 0.6) is 5.75 Å². The molecule has 0 saturated heterocycles. The average molecular weight is 476 g/mol. The maximum atomic E-state index is 13.2. The third-order valence-electron chi connectivity index (χ3n) is 5.68. The second-order valence-corrected chi connectivity index (χ2v) is 8.45. The predicted molar refractivity (Wildman–Crippen MR) is 136 cm³/mol. The molecule has 2 atom stereocenters. The molecule has 0 fully saturated rings. The van der Waals surface area contributed by atoms with E-state index in [2.05, 4.69) is 10.6 Å². The SMILES string of the molecule is COc1cccc(C(CNC(=O)[C@H](Cc2ccccc2)NC(=O)OCc2ccccc2)N(C)C)c1. The summed E-state index contributed by atoms with van der Waals surface area (Å²) in [4.78, 5) is 27.8. The molecule has 3 rings (SSSR count). The van der Waals surface area contributed by atoms with Gasteiger partial charge in [-0.25, -0.2) is 4.79 Å². The number of nitrogens with one attached hydrogen (secondary N) is 2. The van der Waals surface area contributed by atoms with E-state index in [0.717, 1.165) is 22.4 Å². The third kappa shape index (κ3) is 8.15. The van der Waals surface area contributed by atoms with Gasteiger partial charge in [0.05, 0.1) is 13.2 Å². The Bertz CT molecular complexity index is 1070. The lowest BCUT2D eigenvalue weighted by molar-refractivity contribution is -0.123. The van der Waals surface area contributed by atoms with Crippen molar-refractivity contribution in [2.24, 2.45) is 0 Å². The Morgan fingerprint density at radius 1 is 0.886 bits per heavy atom. The first-order valence-corrected chi connectivity index (χ1v) is 11.6. The number of nitrogens with zero attached hydrogens (tertiary/aromatic N) is 1. The summed E-state index contributed by atoms with van der Waals surface area (Å²) in [7, 11) is 5.54. The highest BCUT2D eigenvalue weighted by Crippen LogP contribution is 2.22. The fraction of sp³-hybridized carbons (Fsp3) is 0.286. The van der Waals surface area contributed by atoms with Crippen molar-refractivity contribution in [3.05, 3.63) is 102 Å². The number of likely N-dealkylation sites (N-methyl/N-ethyl adjacent to an activating group) is 1. The summed E-state index contributed by atoms with van der Waals surface area (Å²) in [5, 5.41) is 5.75. The summed E-state index contributed by atoms with van der Waals surface area (Å²) in [6.07, 6.45) is -0.291. The highest BCUT2D eigenvalue weighted by atomic mass is 16.5. The first kappa shape index (κ1) is 25.8. The number of ether oxygens (including phenoxy) is 2. The Hall–Kier alpha value is -3.84. The molecule has 3 aromatic rings. The van der Waals surface area contributed by atoms with Crippen LogP contribution in [-0.4, -0.2) is 50.7 Å². The van der Waals surface area contributed by atoms with Crippen molar-refractivity contribution in [2.45, 2.75) is 25.1 Å². The van der Waals surface area contributed by atoms with Gasteiger partial charge in [0, 0.05) is 13.0 Å². The molecule has 0 bridgehead atoms. The van der Waals surface area contributed by atoms with Crippen molar-refractivity contribution in [3.63, 3.8) is 0 Å². The molecule has 0 aliphatic heterocycles. The number of carbonyl (C=O) groups is 2. The van der Waals surface area contributed by atoms with E-state index < -0.39 is 12.1 Å². The van der Waals surface area contributed by atoms with Crippen LogP contribution in [0, 0.1) is 0 Å². The number of hydrogen-bond donors (Lipinski definition) is 2. The van der Waals surface area contributed by atoms with Gasteiger partial charge in [0.1, 0.15) is 18.4 Å². The molecule has 0 heterocycles. The van der Waals surface area contributed by atoms with Crippen molar-refractivity contribution in [1.29, 1.82) is 0 Å². The van der Waals surface area contributed by atoms with Crippen LogP contribution in [-0.2, 0) is 22.6 Å². The summed E-state index contributed by atoms with van der Waals surface area (Å²) in [6, 6.07) is 25.9. The zero-order valence-corrected chi connectivity index (χ0v) is 20.4. The number of benzene rings is 3. The predicted octanol–water partition coefficient (Wildman–Crippen LogP) is 3.95. The topological polar surface area (TPSA) is 79.9 Å². The smallest absolute Gasteiger partial charge is 0.408 e. The monoisotopic (exact) mass is 475 g/mol. The van der Waals surface area contributed by atoms with Gasteiger partial charge in [-0.3, -0.25) is 4.79 Å². The van der Waals surface area contributed by atoms with Crippen LogP contribution < -0.4 is 15.4 Å². The number of rotatable bonds is 11. The fourth-order valence-corrected chi connectivity index (χ4v) is 3.73. The molecule has 2 N–H and O–H groups in total. The van der Waals surface area contributed by atoms with Crippen LogP contribution in [0.15, 0.2) is 84.9 Å². The molecule has 7 heteroatoms. The van der Waals surface area contributed by atoms with Crippen LogP contribution in [0.4, 0.5) is 4.79 Å². The number of alkyl carbamates (subject to hydrolysis) is 1. The zero-order chi connectivity index (χ0) is 25.0. The number of hydrogen-bond acceptors (Lipinski definition) is 5. The molecular weight excluding hydrogens is 442 g/mol. The van der Waals surface area contributed by atoms with E-state index in [4.69, 9.17) is 9.47 Å². The first-order valence-electron chi connectivity index (χ1n) is 11.6. The number of amides is 2. The molecule has 7 nitrogen and oxygen atoms in total. The Balaban J connectivity index is 1.67.